The third kappa shape index (κ3) is 3.12. The minimum atomic E-state index is 0.401. The van der Waals surface area contributed by atoms with Crippen LogP contribution in [-0.4, -0.2) is 17.1 Å². The van der Waals surface area contributed by atoms with Crippen molar-refractivity contribution in [3.05, 3.63) is 45.8 Å². The quantitative estimate of drug-likeness (QED) is 0.863. The number of aromatic amines is 1. The first-order valence-electron chi connectivity index (χ1n) is 5.04. The maximum atomic E-state index is 5.96. The highest BCUT2D eigenvalue weighted by Gasteiger charge is 2.02. The van der Waals surface area contributed by atoms with Gasteiger partial charge in [-0.3, -0.25) is 0 Å². The largest absolute Gasteiger partial charge is 0.377 e. The van der Waals surface area contributed by atoms with Crippen LogP contribution in [0.4, 0.5) is 0 Å². The third-order valence-electron chi connectivity index (χ3n) is 2.21. The maximum absolute atomic E-state index is 5.96. The first-order chi connectivity index (χ1) is 8.19. The van der Waals surface area contributed by atoms with Crippen LogP contribution in [0.2, 0.25) is 5.02 Å². The molecule has 1 aromatic heterocycles. The maximum Gasteiger partial charge on any atom is 0.134 e. The standard InChI is InChI=1S/C12H11ClN2OS/c1-16-7-11-14-10(6-12(17)15-11)8-3-2-4-9(13)5-8/h2-6H,7H2,1H3,(H,14,15,17). The average molecular weight is 267 g/mol. The Bertz CT molecular complexity index is 583. The van der Waals surface area contributed by atoms with E-state index < -0.39 is 0 Å². The van der Waals surface area contributed by atoms with Crippen molar-refractivity contribution in [3.8, 4) is 11.3 Å². The lowest BCUT2D eigenvalue weighted by Gasteiger charge is -2.05. The van der Waals surface area contributed by atoms with Gasteiger partial charge in [-0.05, 0) is 23.8 Å². The molecule has 88 valence electrons. The molecule has 0 saturated carbocycles. The fourth-order valence-corrected chi connectivity index (χ4v) is 1.94. The van der Waals surface area contributed by atoms with Crippen molar-refractivity contribution in [2.24, 2.45) is 0 Å². The molecular formula is C12H11ClN2OS. The molecule has 0 atom stereocenters. The van der Waals surface area contributed by atoms with E-state index in [9.17, 15) is 0 Å². The number of rotatable bonds is 3. The minimum absolute atomic E-state index is 0.401. The van der Waals surface area contributed by atoms with Gasteiger partial charge >= 0.3 is 0 Å². The summed E-state index contributed by atoms with van der Waals surface area (Å²) in [6, 6.07) is 9.36. The van der Waals surface area contributed by atoms with E-state index in [-0.39, 0.29) is 0 Å². The van der Waals surface area contributed by atoms with E-state index in [1.54, 1.807) is 13.2 Å². The number of aromatic nitrogens is 2. The topological polar surface area (TPSA) is 37.9 Å². The Morgan fingerprint density at radius 2 is 2.24 bits per heavy atom. The zero-order chi connectivity index (χ0) is 12.3. The molecule has 0 unspecified atom stereocenters. The molecule has 0 aliphatic rings. The van der Waals surface area contributed by atoms with E-state index in [1.807, 2.05) is 24.3 Å². The van der Waals surface area contributed by atoms with Gasteiger partial charge in [-0.15, -0.1) is 0 Å². The Kier molecular flexibility index (Phi) is 3.89. The zero-order valence-corrected chi connectivity index (χ0v) is 10.8. The van der Waals surface area contributed by atoms with Gasteiger partial charge in [0.25, 0.3) is 0 Å². The van der Waals surface area contributed by atoms with Crippen molar-refractivity contribution in [3.63, 3.8) is 0 Å². The molecule has 0 spiro atoms. The summed E-state index contributed by atoms with van der Waals surface area (Å²) in [7, 11) is 1.62. The molecule has 2 rings (SSSR count). The van der Waals surface area contributed by atoms with E-state index in [4.69, 9.17) is 28.6 Å². The molecule has 1 aromatic carbocycles. The molecule has 5 heteroatoms. The van der Waals surface area contributed by atoms with Crippen LogP contribution in [0.3, 0.4) is 0 Å². The van der Waals surface area contributed by atoms with Gasteiger partial charge in [-0.1, -0.05) is 36.0 Å². The molecule has 0 fully saturated rings. The Morgan fingerprint density at radius 3 is 2.94 bits per heavy atom. The fraction of sp³-hybridized carbons (Fsp3) is 0.167. The smallest absolute Gasteiger partial charge is 0.134 e. The van der Waals surface area contributed by atoms with E-state index in [0.29, 0.717) is 22.1 Å². The Balaban J connectivity index is 2.48. The number of hydrogen-bond acceptors (Lipinski definition) is 3. The van der Waals surface area contributed by atoms with Gasteiger partial charge in [0.15, 0.2) is 0 Å². The number of hydrogen-bond donors (Lipinski definition) is 1. The van der Waals surface area contributed by atoms with Crippen molar-refractivity contribution < 1.29 is 4.74 Å². The Morgan fingerprint density at radius 1 is 1.41 bits per heavy atom. The molecule has 1 heterocycles. The number of ether oxygens (including phenoxy) is 1. The molecule has 1 N–H and O–H groups in total. The second-order valence-electron chi connectivity index (χ2n) is 3.52. The summed E-state index contributed by atoms with van der Waals surface area (Å²) in [5.74, 6) is 0.704. The summed E-state index contributed by atoms with van der Waals surface area (Å²) in [5, 5.41) is 0.687. The van der Waals surface area contributed by atoms with Crippen LogP contribution in [0.15, 0.2) is 30.3 Å². The minimum Gasteiger partial charge on any atom is -0.377 e. The Labute approximate surface area is 109 Å². The Hall–Kier alpha value is -1.23. The third-order valence-corrected chi connectivity index (χ3v) is 2.65. The molecule has 3 nitrogen and oxygen atoms in total. The van der Waals surface area contributed by atoms with Gasteiger partial charge in [-0.25, -0.2) is 4.98 Å². The number of halogens is 1. The normalized spacial score (nSPS) is 10.5. The fourth-order valence-electron chi connectivity index (χ4n) is 1.52. The first kappa shape index (κ1) is 12.2. The van der Waals surface area contributed by atoms with Gasteiger partial charge in [0.1, 0.15) is 17.1 Å². The lowest BCUT2D eigenvalue weighted by molar-refractivity contribution is 0.177. The van der Waals surface area contributed by atoms with Crippen LogP contribution in [-0.2, 0) is 11.3 Å². The summed E-state index contributed by atoms with van der Waals surface area (Å²) in [6.45, 7) is 0.401. The van der Waals surface area contributed by atoms with Gasteiger partial charge in [0.2, 0.25) is 0 Å². The molecule has 17 heavy (non-hydrogen) atoms. The molecule has 0 bridgehead atoms. The van der Waals surface area contributed by atoms with Gasteiger partial charge in [0, 0.05) is 17.8 Å². The lowest BCUT2D eigenvalue weighted by Crippen LogP contribution is -1.98. The summed E-state index contributed by atoms with van der Waals surface area (Å²) < 4.78 is 5.56. The highest BCUT2D eigenvalue weighted by atomic mass is 35.5. The summed E-state index contributed by atoms with van der Waals surface area (Å²) in [4.78, 5) is 7.34. The van der Waals surface area contributed by atoms with Crippen LogP contribution in [0.5, 0.6) is 0 Å². The second-order valence-corrected chi connectivity index (χ2v) is 4.38. The van der Waals surface area contributed by atoms with Crippen LogP contribution < -0.4 is 0 Å². The van der Waals surface area contributed by atoms with Gasteiger partial charge in [-0.2, -0.15) is 0 Å². The van der Waals surface area contributed by atoms with Crippen molar-refractivity contribution in [1.29, 1.82) is 0 Å². The predicted molar refractivity (Wildman–Crippen MR) is 70.6 cm³/mol. The number of methoxy groups -OCH3 is 1. The van der Waals surface area contributed by atoms with Crippen LogP contribution in [0.25, 0.3) is 11.3 Å². The van der Waals surface area contributed by atoms with Crippen LogP contribution >= 0.6 is 23.8 Å². The lowest BCUT2D eigenvalue weighted by atomic mass is 10.1. The van der Waals surface area contributed by atoms with Gasteiger partial charge < -0.3 is 9.72 Å². The van der Waals surface area contributed by atoms with Crippen LogP contribution in [0.1, 0.15) is 5.82 Å². The number of benzene rings is 1. The number of nitrogens with zero attached hydrogens (tertiary/aromatic N) is 1. The van der Waals surface area contributed by atoms with Gasteiger partial charge in [0.05, 0.1) is 0 Å². The van der Waals surface area contributed by atoms with E-state index in [0.717, 1.165) is 11.3 Å². The van der Waals surface area contributed by atoms with E-state index in [2.05, 4.69) is 9.97 Å². The number of nitrogens with one attached hydrogen (secondary N) is 1. The van der Waals surface area contributed by atoms with Crippen molar-refractivity contribution >= 4 is 23.8 Å². The van der Waals surface area contributed by atoms with Crippen molar-refractivity contribution in [2.75, 3.05) is 7.11 Å². The summed E-state index contributed by atoms with van der Waals surface area (Å²) in [6.07, 6.45) is 0. The molecule has 0 aliphatic carbocycles. The van der Waals surface area contributed by atoms with Crippen LogP contribution in [0, 0.1) is 4.64 Å². The summed E-state index contributed by atoms with van der Waals surface area (Å²) in [5.41, 5.74) is 1.86. The molecule has 0 aliphatic heterocycles. The SMILES string of the molecule is COCc1nc(=S)cc(-c2cccc(Cl)c2)[nH]1. The zero-order valence-electron chi connectivity index (χ0n) is 9.24. The van der Waals surface area contributed by atoms with Crippen molar-refractivity contribution in [2.45, 2.75) is 6.61 Å². The summed E-state index contributed by atoms with van der Waals surface area (Å²) >= 11 is 11.1. The molecule has 0 saturated heterocycles. The molecule has 0 amide bonds. The predicted octanol–water partition coefficient (Wildman–Crippen LogP) is 3.61. The molecule has 2 aromatic rings. The van der Waals surface area contributed by atoms with Crippen molar-refractivity contribution in [1.82, 2.24) is 9.97 Å². The number of H-pyrrole nitrogens is 1. The van der Waals surface area contributed by atoms with E-state index >= 15 is 0 Å². The monoisotopic (exact) mass is 266 g/mol. The highest BCUT2D eigenvalue weighted by Crippen LogP contribution is 2.20. The second kappa shape index (κ2) is 5.40. The first-order valence-corrected chi connectivity index (χ1v) is 5.83. The molecule has 0 radical (unpaired) electrons. The highest BCUT2D eigenvalue weighted by molar-refractivity contribution is 7.71. The average Bonchev–Trinajstić information content (AvgIpc) is 2.28. The van der Waals surface area contributed by atoms with E-state index in [1.165, 1.54) is 0 Å². The molecular weight excluding hydrogens is 256 g/mol.